The van der Waals surface area contributed by atoms with Crippen LogP contribution >= 0.6 is 31.0 Å². The number of piperazine rings is 1. The van der Waals surface area contributed by atoms with Gasteiger partial charge in [0.15, 0.2) is 12.4 Å². The number of rotatable bonds is 11. The molecule has 1 aliphatic rings. The molecule has 1 fully saturated rings. The molecule has 37 heavy (non-hydrogen) atoms. The zero-order valence-electron chi connectivity index (χ0n) is 20.9. The van der Waals surface area contributed by atoms with Crippen molar-refractivity contribution in [1.82, 2.24) is 4.90 Å². The fraction of sp³-hybridized carbons (Fsp3) is 0.360. The van der Waals surface area contributed by atoms with Gasteiger partial charge >= 0.3 is 7.82 Å². The number of ketones is 1. The molecule has 0 aromatic heterocycles. The highest BCUT2D eigenvalue weighted by Gasteiger charge is 2.26. The van der Waals surface area contributed by atoms with Gasteiger partial charge in [-0.15, -0.1) is 0 Å². The van der Waals surface area contributed by atoms with Crippen molar-refractivity contribution in [3.8, 4) is 11.5 Å². The Kier molecular flexibility index (Phi) is 10.0. The molecule has 2 aromatic carbocycles. The summed E-state index contributed by atoms with van der Waals surface area (Å²) in [4.78, 5) is 28.9. The van der Waals surface area contributed by atoms with Crippen LogP contribution in [-0.2, 0) is 18.4 Å². The van der Waals surface area contributed by atoms with Gasteiger partial charge in [-0.2, -0.15) is 0 Å². The van der Waals surface area contributed by atoms with Crippen molar-refractivity contribution in [2.24, 2.45) is 0 Å². The number of phosphoric ester groups is 1. The Morgan fingerprint density at radius 2 is 1.59 bits per heavy atom. The van der Waals surface area contributed by atoms with Gasteiger partial charge in [-0.1, -0.05) is 36.7 Å². The quantitative estimate of drug-likeness (QED) is 0.194. The third-order valence-electron chi connectivity index (χ3n) is 5.89. The maximum atomic E-state index is 12.7. The largest absolute Gasteiger partial charge is 0.529 e. The fourth-order valence-electron chi connectivity index (χ4n) is 3.61. The predicted octanol–water partition coefficient (Wildman–Crippen LogP) is 5.65. The van der Waals surface area contributed by atoms with E-state index in [1.165, 1.54) is 26.4 Å². The van der Waals surface area contributed by atoms with Gasteiger partial charge in [0, 0.05) is 51.6 Å². The molecule has 12 heteroatoms. The highest BCUT2D eigenvalue weighted by atomic mass is 35.5. The van der Waals surface area contributed by atoms with Crippen molar-refractivity contribution in [1.29, 1.82) is 0 Å². The summed E-state index contributed by atoms with van der Waals surface area (Å²) in [5.41, 5.74) is 1.61. The number of hydrogen-bond donors (Lipinski definition) is 0. The first kappa shape index (κ1) is 29.0. The van der Waals surface area contributed by atoms with Crippen LogP contribution in [0, 0.1) is 0 Å². The number of nitrogens with zero attached hydrogens (tertiary/aromatic N) is 2. The third kappa shape index (κ3) is 7.06. The van der Waals surface area contributed by atoms with Crippen LogP contribution in [-0.4, -0.2) is 63.6 Å². The number of carbonyl (C=O) groups is 2. The molecule has 200 valence electrons. The molecule has 0 saturated carbocycles. The van der Waals surface area contributed by atoms with Crippen LogP contribution in [0.5, 0.6) is 11.5 Å². The molecule has 0 N–H and O–H groups in total. The summed E-state index contributed by atoms with van der Waals surface area (Å²) in [5, 5.41) is 0.150. The second-order valence-electron chi connectivity index (χ2n) is 8.08. The van der Waals surface area contributed by atoms with Crippen LogP contribution in [0.15, 0.2) is 48.6 Å². The lowest BCUT2D eigenvalue weighted by atomic mass is 10.0. The summed E-state index contributed by atoms with van der Waals surface area (Å²) in [6, 6.07) is 10.1. The monoisotopic (exact) mass is 570 g/mol. The van der Waals surface area contributed by atoms with Gasteiger partial charge in [0.1, 0.15) is 16.5 Å². The van der Waals surface area contributed by atoms with Crippen molar-refractivity contribution in [3.63, 3.8) is 0 Å². The SMILES string of the molecule is C=C(CC)C(=O)c1ccc(OCC(=O)N2CCN(c3ccc(OP(=O)(OC)OC)cc3)CC2)c(Cl)c1Cl. The number of Topliss-reactive ketones (excluding diaryl/α,β-unsaturated/α-hetero) is 1. The van der Waals surface area contributed by atoms with E-state index in [1.54, 1.807) is 17.0 Å². The first-order valence-corrected chi connectivity index (χ1v) is 13.7. The summed E-state index contributed by atoms with van der Waals surface area (Å²) >= 11 is 12.6. The molecule has 0 spiro atoms. The smallest absolute Gasteiger partial charge is 0.482 e. The second kappa shape index (κ2) is 12.8. The zero-order valence-corrected chi connectivity index (χ0v) is 23.3. The molecule has 9 nitrogen and oxygen atoms in total. The molecule has 1 aliphatic heterocycles. The molecule has 0 atom stereocenters. The van der Waals surface area contributed by atoms with Crippen molar-refractivity contribution in [3.05, 3.63) is 64.2 Å². The maximum Gasteiger partial charge on any atom is 0.529 e. The van der Waals surface area contributed by atoms with Crippen LogP contribution in [0.2, 0.25) is 10.0 Å². The Bertz CT molecular complexity index is 1190. The minimum atomic E-state index is -3.62. The van der Waals surface area contributed by atoms with Crippen LogP contribution in [0.1, 0.15) is 23.7 Å². The number of halogens is 2. The topological polar surface area (TPSA) is 94.6 Å². The van der Waals surface area contributed by atoms with Gasteiger partial charge in [-0.25, -0.2) is 4.57 Å². The molecule has 0 radical (unpaired) electrons. The first-order valence-electron chi connectivity index (χ1n) is 11.5. The molecule has 0 bridgehead atoms. The van der Waals surface area contributed by atoms with Crippen LogP contribution in [0.4, 0.5) is 5.69 Å². The Balaban J connectivity index is 1.53. The average Bonchev–Trinajstić information content (AvgIpc) is 2.93. The molecule has 0 aliphatic carbocycles. The number of amides is 1. The van der Waals surface area contributed by atoms with Crippen molar-refractivity contribution in [2.45, 2.75) is 13.3 Å². The van der Waals surface area contributed by atoms with E-state index in [9.17, 15) is 14.2 Å². The number of carbonyl (C=O) groups excluding carboxylic acids is 2. The van der Waals surface area contributed by atoms with E-state index in [-0.39, 0.29) is 39.7 Å². The van der Waals surface area contributed by atoms with E-state index < -0.39 is 7.82 Å². The van der Waals surface area contributed by atoms with E-state index in [2.05, 4.69) is 11.5 Å². The lowest BCUT2D eigenvalue weighted by Gasteiger charge is -2.36. The van der Waals surface area contributed by atoms with E-state index in [0.717, 1.165) is 5.69 Å². The standard InChI is InChI=1S/C25H29Cl2N2O7P/c1-5-17(2)25(31)20-10-11-21(24(27)23(20)26)35-16-22(30)29-14-12-28(13-15-29)18-6-8-19(9-7-18)36-37(32,33-3)34-4/h6-11H,2,5,12-16H2,1,3-4H3. The van der Waals surface area contributed by atoms with E-state index >= 15 is 0 Å². The lowest BCUT2D eigenvalue weighted by Crippen LogP contribution is -2.50. The van der Waals surface area contributed by atoms with Crippen molar-refractivity contribution >= 4 is 48.4 Å². The molecule has 3 rings (SSSR count). The summed E-state index contributed by atoms with van der Waals surface area (Å²) in [7, 11) is -1.12. The minimum absolute atomic E-state index is 0.0727. The maximum absolute atomic E-state index is 12.7. The average molecular weight is 571 g/mol. The predicted molar refractivity (Wildman–Crippen MR) is 143 cm³/mol. The molecule has 1 heterocycles. The van der Waals surface area contributed by atoms with Gasteiger partial charge in [-0.05, 0) is 48.4 Å². The van der Waals surface area contributed by atoms with Crippen molar-refractivity contribution in [2.75, 3.05) is 51.9 Å². The summed E-state index contributed by atoms with van der Waals surface area (Å²) in [6.07, 6.45) is 0.498. The first-order chi connectivity index (χ1) is 17.6. The molecule has 1 saturated heterocycles. The number of benzene rings is 2. The van der Waals surface area contributed by atoms with Gasteiger partial charge in [0.25, 0.3) is 5.91 Å². The second-order valence-corrected chi connectivity index (χ2v) is 10.6. The van der Waals surface area contributed by atoms with E-state index in [0.29, 0.717) is 43.9 Å². The van der Waals surface area contributed by atoms with Crippen LogP contribution in [0.3, 0.4) is 0 Å². The molecule has 1 amide bonds. The lowest BCUT2D eigenvalue weighted by molar-refractivity contribution is -0.133. The normalized spacial score (nSPS) is 13.9. The van der Waals surface area contributed by atoms with E-state index in [1.807, 2.05) is 19.1 Å². The number of allylic oxidation sites excluding steroid dienone is 1. The van der Waals surface area contributed by atoms with Gasteiger partial charge < -0.3 is 19.1 Å². The molecule has 2 aromatic rings. The summed E-state index contributed by atoms with van der Waals surface area (Å²) in [5.74, 6) is 0.117. The third-order valence-corrected chi connectivity index (χ3v) is 8.08. The van der Waals surface area contributed by atoms with Crippen molar-refractivity contribution < 1.29 is 32.5 Å². The van der Waals surface area contributed by atoms with Gasteiger partial charge in [0.05, 0.1) is 5.02 Å². The zero-order chi connectivity index (χ0) is 27.2. The molecular formula is C25H29Cl2N2O7P. The van der Waals surface area contributed by atoms with Crippen LogP contribution < -0.4 is 14.2 Å². The van der Waals surface area contributed by atoms with Crippen LogP contribution in [0.25, 0.3) is 0 Å². The Morgan fingerprint density at radius 3 is 2.16 bits per heavy atom. The molecular weight excluding hydrogens is 542 g/mol. The number of hydrogen-bond acceptors (Lipinski definition) is 8. The number of phosphoric acid groups is 1. The van der Waals surface area contributed by atoms with E-state index in [4.69, 9.17) is 41.5 Å². The van der Waals surface area contributed by atoms with Gasteiger partial charge in [-0.3, -0.25) is 18.6 Å². The summed E-state index contributed by atoms with van der Waals surface area (Å²) < 4.78 is 32.6. The Morgan fingerprint density at radius 1 is 0.973 bits per heavy atom. The number of anilines is 1. The highest BCUT2D eigenvalue weighted by molar-refractivity contribution is 7.48. The van der Waals surface area contributed by atoms with Gasteiger partial charge in [0.2, 0.25) is 0 Å². The highest BCUT2D eigenvalue weighted by Crippen LogP contribution is 2.47. The molecule has 0 unspecified atom stereocenters. The Labute approximate surface area is 226 Å². The Hall–Kier alpha value is -2.55. The fourth-order valence-corrected chi connectivity index (χ4v) is 4.75. The summed E-state index contributed by atoms with van der Waals surface area (Å²) in [6.45, 7) is 7.60. The minimum Gasteiger partial charge on any atom is -0.482 e. The number of ether oxygens (including phenoxy) is 1.